The molecule has 0 bridgehead atoms. The van der Waals surface area contributed by atoms with Gasteiger partial charge in [0.25, 0.3) is 0 Å². The van der Waals surface area contributed by atoms with E-state index in [0.717, 1.165) is 6.61 Å². The molecular formula is C10H19NO. The Morgan fingerprint density at radius 2 is 1.83 bits per heavy atom. The minimum Gasteiger partial charge on any atom is -0.366 e. The Kier molecular flexibility index (Phi) is 3.15. The molecule has 0 saturated carbocycles. The van der Waals surface area contributed by atoms with E-state index in [1.54, 1.807) is 0 Å². The minimum atomic E-state index is 0.589. The maximum Gasteiger partial charge on any atom is 0.116 e. The molecule has 0 aromatic heterocycles. The van der Waals surface area contributed by atoms with Crippen molar-refractivity contribution in [2.75, 3.05) is 13.3 Å². The van der Waals surface area contributed by atoms with E-state index in [1.165, 1.54) is 11.3 Å². The summed E-state index contributed by atoms with van der Waals surface area (Å²) in [6.45, 7) is 10.3. The van der Waals surface area contributed by atoms with Crippen LogP contribution in [-0.4, -0.2) is 13.3 Å². The Hall–Kier alpha value is -0.500. The highest BCUT2D eigenvalue weighted by Crippen LogP contribution is 2.21. The van der Waals surface area contributed by atoms with Crippen LogP contribution in [0.5, 0.6) is 0 Å². The SMILES string of the molecule is CC(C)C1=C(C(C)C)NCOC1. The van der Waals surface area contributed by atoms with Gasteiger partial charge in [0.05, 0.1) is 6.61 Å². The van der Waals surface area contributed by atoms with Crippen molar-refractivity contribution >= 4 is 0 Å². The average molecular weight is 169 g/mol. The zero-order valence-electron chi connectivity index (χ0n) is 8.48. The molecule has 1 aliphatic rings. The first-order valence-corrected chi connectivity index (χ1v) is 4.67. The summed E-state index contributed by atoms with van der Waals surface area (Å²) in [5.74, 6) is 1.18. The summed E-state index contributed by atoms with van der Waals surface area (Å²) >= 11 is 0. The van der Waals surface area contributed by atoms with E-state index in [0.29, 0.717) is 18.6 Å². The van der Waals surface area contributed by atoms with Crippen LogP contribution in [0.2, 0.25) is 0 Å². The van der Waals surface area contributed by atoms with E-state index in [9.17, 15) is 0 Å². The van der Waals surface area contributed by atoms with Crippen LogP contribution in [0.1, 0.15) is 27.7 Å². The van der Waals surface area contributed by atoms with Gasteiger partial charge in [0.2, 0.25) is 0 Å². The van der Waals surface area contributed by atoms with Crippen LogP contribution in [0.25, 0.3) is 0 Å². The Labute approximate surface area is 75.0 Å². The largest absolute Gasteiger partial charge is 0.366 e. The molecule has 0 radical (unpaired) electrons. The lowest BCUT2D eigenvalue weighted by Crippen LogP contribution is -2.30. The number of nitrogens with one attached hydrogen (secondary N) is 1. The number of hydrogen-bond acceptors (Lipinski definition) is 2. The lowest BCUT2D eigenvalue weighted by molar-refractivity contribution is 0.118. The van der Waals surface area contributed by atoms with E-state index >= 15 is 0 Å². The third-order valence-corrected chi connectivity index (χ3v) is 2.24. The molecule has 2 heteroatoms. The molecule has 0 spiro atoms. The predicted octanol–water partition coefficient (Wildman–Crippen LogP) is 2.13. The van der Waals surface area contributed by atoms with Crippen LogP contribution < -0.4 is 5.32 Å². The molecule has 0 fully saturated rings. The Bertz CT molecular complexity index is 162. The highest BCUT2D eigenvalue weighted by atomic mass is 16.5. The zero-order valence-corrected chi connectivity index (χ0v) is 8.48. The molecule has 0 aromatic carbocycles. The fraction of sp³-hybridized carbons (Fsp3) is 0.800. The second-order valence-corrected chi connectivity index (χ2v) is 3.92. The second kappa shape index (κ2) is 3.94. The first kappa shape index (κ1) is 9.59. The summed E-state index contributed by atoms with van der Waals surface area (Å²) in [5.41, 5.74) is 2.81. The second-order valence-electron chi connectivity index (χ2n) is 3.92. The third-order valence-electron chi connectivity index (χ3n) is 2.24. The molecule has 1 heterocycles. The Morgan fingerprint density at radius 1 is 1.17 bits per heavy atom. The van der Waals surface area contributed by atoms with Gasteiger partial charge >= 0.3 is 0 Å². The molecule has 0 unspecified atom stereocenters. The molecule has 1 aliphatic heterocycles. The summed E-state index contributed by atoms with van der Waals surface area (Å²) in [6, 6.07) is 0. The van der Waals surface area contributed by atoms with Crippen molar-refractivity contribution < 1.29 is 4.74 Å². The van der Waals surface area contributed by atoms with Gasteiger partial charge in [-0.2, -0.15) is 0 Å². The van der Waals surface area contributed by atoms with Crippen LogP contribution in [-0.2, 0) is 4.74 Å². The quantitative estimate of drug-likeness (QED) is 0.683. The third kappa shape index (κ3) is 2.01. The summed E-state index contributed by atoms with van der Waals surface area (Å²) < 4.78 is 5.35. The summed E-state index contributed by atoms with van der Waals surface area (Å²) in [4.78, 5) is 0. The van der Waals surface area contributed by atoms with E-state index < -0.39 is 0 Å². The minimum absolute atomic E-state index is 0.589. The van der Waals surface area contributed by atoms with Crippen molar-refractivity contribution in [2.24, 2.45) is 11.8 Å². The van der Waals surface area contributed by atoms with Gasteiger partial charge in [-0.3, -0.25) is 0 Å². The van der Waals surface area contributed by atoms with E-state index in [2.05, 4.69) is 33.0 Å². The first-order valence-electron chi connectivity index (χ1n) is 4.67. The van der Waals surface area contributed by atoms with Crippen LogP contribution in [0.3, 0.4) is 0 Å². The van der Waals surface area contributed by atoms with Crippen LogP contribution in [0.15, 0.2) is 11.3 Å². The van der Waals surface area contributed by atoms with Gasteiger partial charge in [-0.1, -0.05) is 27.7 Å². The standard InChI is InChI=1S/C10H19NO/c1-7(2)9-5-12-6-11-10(9)8(3)4/h7-8,11H,5-6H2,1-4H3. The molecule has 12 heavy (non-hydrogen) atoms. The van der Waals surface area contributed by atoms with Gasteiger partial charge in [-0.05, 0) is 17.4 Å². The van der Waals surface area contributed by atoms with Crippen LogP contribution in [0.4, 0.5) is 0 Å². The Morgan fingerprint density at radius 3 is 2.25 bits per heavy atom. The topological polar surface area (TPSA) is 21.3 Å². The van der Waals surface area contributed by atoms with Gasteiger partial charge in [0.15, 0.2) is 0 Å². The van der Waals surface area contributed by atoms with Crippen molar-refractivity contribution in [3.05, 3.63) is 11.3 Å². The maximum atomic E-state index is 5.35. The molecule has 0 aliphatic carbocycles. The van der Waals surface area contributed by atoms with Crippen molar-refractivity contribution in [1.82, 2.24) is 5.32 Å². The van der Waals surface area contributed by atoms with Crippen LogP contribution in [0, 0.1) is 11.8 Å². The molecular weight excluding hydrogens is 150 g/mol. The smallest absolute Gasteiger partial charge is 0.116 e. The highest BCUT2D eigenvalue weighted by molar-refractivity contribution is 5.18. The summed E-state index contributed by atoms with van der Waals surface area (Å²) in [5, 5.41) is 3.31. The van der Waals surface area contributed by atoms with Crippen LogP contribution >= 0.6 is 0 Å². The van der Waals surface area contributed by atoms with Gasteiger partial charge in [-0.15, -0.1) is 0 Å². The van der Waals surface area contributed by atoms with E-state index in [4.69, 9.17) is 4.74 Å². The van der Waals surface area contributed by atoms with Gasteiger partial charge in [0, 0.05) is 5.70 Å². The predicted molar refractivity (Wildman–Crippen MR) is 50.7 cm³/mol. The van der Waals surface area contributed by atoms with Gasteiger partial charge in [-0.25, -0.2) is 0 Å². The lowest BCUT2D eigenvalue weighted by atomic mass is 9.95. The fourth-order valence-corrected chi connectivity index (χ4v) is 1.53. The Balaban J connectivity index is 2.83. The number of rotatable bonds is 2. The molecule has 0 amide bonds. The molecule has 0 aromatic rings. The van der Waals surface area contributed by atoms with Crippen molar-refractivity contribution in [1.29, 1.82) is 0 Å². The van der Waals surface area contributed by atoms with E-state index in [1.807, 2.05) is 0 Å². The zero-order chi connectivity index (χ0) is 9.14. The highest BCUT2D eigenvalue weighted by Gasteiger charge is 2.17. The molecule has 0 saturated heterocycles. The normalized spacial score (nSPS) is 18.8. The van der Waals surface area contributed by atoms with E-state index in [-0.39, 0.29) is 0 Å². The first-order chi connectivity index (χ1) is 5.63. The summed E-state index contributed by atoms with van der Waals surface area (Å²) in [7, 11) is 0. The molecule has 2 nitrogen and oxygen atoms in total. The average Bonchev–Trinajstić information content (AvgIpc) is 2.04. The van der Waals surface area contributed by atoms with Crippen molar-refractivity contribution in [3.63, 3.8) is 0 Å². The number of hydrogen-bond donors (Lipinski definition) is 1. The van der Waals surface area contributed by atoms with Gasteiger partial charge < -0.3 is 10.1 Å². The summed E-state index contributed by atoms with van der Waals surface area (Å²) in [6.07, 6.45) is 0. The van der Waals surface area contributed by atoms with Crippen molar-refractivity contribution in [3.8, 4) is 0 Å². The van der Waals surface area contributed by atoms with Crippen molar-refractivity contribution in [2.45, 2.75) is 27.7 Å². The molecule has 1 N–H and O–H groups in total. The maximum absolute atomic E-state index is 5.35. The molecule has 0 atom stereocenters. The molecule has 1 rings (SSSR count). The molecule has 70 valence electrons. The number of ether oxygens (including phenoxy) is 1. The lowest BCUT2D eigenvalue weighted by Gasteiger charge is -2.27. The number of allylic oxidation sites excluding steroid dienone is 1. The van der Waals surface area contributed by atoms with Gasteiger partial charge in [0.1, 0.15) is 6.73 Å². The monoisotopic (exact) mass is 169 g/mol. The fourth-order valence-electron chi connectivity index (χ4n) is 1.53.